The van der Waals surface area contributed by atoms with Crippen molar-refractivity contribution in [2.24, 2.45) is 0 Å². The Kier molecular flexibility index (Phi) is 3.11. The van der Waals surface area contributed by atoms with Crippen LogP contribution in [0.25, 0.3) is 10.8 Å². The van der Waals surface area contributed by atoms with Gasteiger partial charge < -0.3 is 4.74 Å². The Hall–Kier alpha value is -1.67. The Balaban J connectivity index is 1.93. The van der Waals surface area contributed by atoms with Gasteiger partial charge in [0.15, 0.2) is 5.78 Å². The normalized spacial score (nSPS) is 17.1. The summed E-state index contributed by atoms with van der Waals surface area (Å²) in [5.74, 6) is 0.193. The fourth-order valence-electron chi connectivity index (χ4n) is 2.88. The number of ether oxygens (including phenoxy) is 1. The molecule has 0 radical (unpaired) electrons. The summed E-state index contributed by atoms with van der Waals surface area (Å²) >= 11 is 0. The molecule has 0 amide bonds. The third-order valence-corrected chi connectivity index (χ3v) is 4.27. The van der Waals surface area contributed by atoms with E-state index in [4.69, 9.17) is 4.74 Å². The molecule has 2 heteroatoms. The van der Waals surface area contributed by atoms with Crippen LogP contribution in [0.4, 0.5) is 0 Å². The third-order valence-electron chi connectivity index (χ3n) is 4.27. The van der Waals surface area contributed by atoms with Gasteiger partial charge in [-0.25, -0.2) is 0 Å². The molecule has 0 aromatic heterocycles. The van der Waals surface area contributed by atoms with E-state index in [9.17, 15) is 4.79 Å². The van der Waals surface area contributed by atoms with Crippen molar-refractivity contribution in [1.29, 1.82) is 0 Å². The number of rotatable bonds is 4. The molecule has 19 heavy (non-hydrogen) atoms. The lowest BCUT2D eigenvalue weighted by Gasteiger charge is -2.40. The van der Waals surface area contributed by atoms with Crippen molar-refractivity contribution in [3.8, 4) is 0 Å². The molecule has 0 N–H and O–H groups in total. The maximum Gasteiger partial charge on any atom is 0.166 e. The molecule has 3 rings (SSSR count). The zero-order valence-corrected chi connectivity index (χ0v) is 11.2. The Morgan fingerprint density at radius 2 is 1.89 bits per heavy atom. The number of benzene rings is 2. The zero-order valence-electron chi connectivity index (χ0n) is 11.2. The predicted molar refractivity (Wildman–Crippen MR) is 76.5 cm³/mol. The van der Waals surface area contributed by atoms with Crippen molar-refractivity contribution < 1.29 is 9.53 Å². The average Bonchev–Trinajstić information content (AvgIpc) is 2.42. The van der Waals surface area contributed by atoms with Gasteiger partial charge >= 0.3 is 0 Å². The van der Waals surface area contributed by atoms with Crippen LogP contribution < -0.4 is 0 Å². The Morgan fingerprint density at radius 1 is 1.16 bits per heavy atom. The Bertz CT molecular complexity index is 601. The molecule has 2 nitrogen and oxygen atoms in total. The van der Waals surface area contributed by atoms with E-state index in [2.05, 4.69) is 0 Å². The molecular weight excluding hydrogens is 236 g/mol. The summed E-state index contributed by atoms with van der Waals surface area (Å²) in [6, 6.07) is 14.0. The van der Waals surface area contributed by atoms with Gasteiger partial charge in [0.1, 0.15) is 0 Å². The number of carbonyl (C=O) groups excluding carboxylic acids is 1. The quantitative estimate of drug-likeness (QED) is 0.771. The zero-order chi connectivity index (χ0) is 13.3. The topological polar surface area (TPSA) is 26.3 Å². The summed E-state index contributed by atoms with van der Waals surface area (Å²) in [7, 11) is 1.72. The average molecular weight is 254 g/mol. The van der Waals surface area contributed by atoms with Crippen molar-refractivity contribution in [3.05, 3.63) is 48.0 Å². The molecule has 0 spiro atoms. The van der Waals surface area contributed by atoms with Crippen LogP contribution in [0.5, 0.6) is 0 Å². The second-order valence-electron chi connectivity index (χ2n) is 5.37. The fraction of sp³-hybridized carbons (Fsp3) is 0.353. The maximum atomic E-state index is 12.5. The number of fused-ring (bicyclic) bond motifs is 1. The van der Waals surface area contributed by atoms with Crippen molar-refractivity contribution >= 4 is 16.6 Å². The number of carbonyl (C=O) groups is 1. The van der Waals surface area contributed by atoms with Crippen molar-refractivity contribution in [2.75, 3.05) is 7.11 Å². The predicted octanol–water partition coefficient (Wildman–Crippen LogP) is 3.98. The van der Waals surface area contributed by atoms with Gasteiger partial charge in [-0.3, -0.25) is 4.79 Å². The molecule has 0 atom stereocenters. The van der Waals surface area contributed by atoms with Crippen molar-refractivity contribution in [2.45, 2.75) is 31.3 Å². The summed E-state index contributed by atoms with van der Waals surface area (Å²) in [6.45, 7) is 0. The Morgan fingerprint density at radius 3 is 2.58 bits per heavy atom. The third kappa shape index (κ3) is 2.17. The van der Waals surface area contributed by atoms with Gasteiger partial charge in [-0.05, 0) is 30.0 Å². The lowest BCUT2D eigenvalue weighted by Crippen LogP contribution is -2.41. The van der Waals surface area contributed by atoms with Crippen LogP contribution in [0.1, 0.15) is 36.0 Å². The highest BCUT2D eigenvalue weighted by Gasteiger charge is 2.39. The molecule has 1 aliphatic rings. The second-order valence-corrected chi connectivity index (χ2v) is 5.37. The molecular formula is C17H18O2. The van der Waals surface area contributed by atoms with Crippen LogP contribution in [-0.2, 0) is 4.74 Å². The summed E-state index contributed by atoms with van der Waals surface area (Å²) in [6.07, 6.45) is 3.66. The van der Waals surface area contributed by atoms with Crippen LogP contribution in [0.2, 0.25) is 0 Å². The molecule has 0 heterocycles. The number of methoxy groups -OCH3 is 1. The highest BCUT2D eigenvalue weighted by molar-refractivity contribution is 6.08. The number of Topliss-reactive ketones (excluding diaryl/α,β-unsaturated/α-hetero) is 1. The first-order chi connectivity index (χ1) is 9.24. The molecule has 98 valence electrons. The van der Waals surface area contributed by atoms with E-state index >= 15 is 0 Å². The van der Waals surface area contributed by atoms with E-state index < -0.39 is 0 Å². The summed E-state index contributed by atoms with van der Waals surface area (Å²) in [5, 5.41) is 2.16. The van der Waals surface area contributed by atoms with Crippen molar-refractivity contribution in [3.63, 3.8) is 0 Å². The van der Waals surface area contributed by atoms with Gasteiger partial charge in [0.2, 0.25) is 0 Å². The molecule has 1 fully saturated rings. The minimum Gasteiger partial charge on any atom is -0.378 e. The molecule has 0 saturated heterocycles. The van der Waals surface area contributed by atoms with E-state index in [0.29, 0.717) is 6.42 Å². The minimum absolute atomic E-state index is 0.193. The molecule has 1 saturated carbocycles. The molecule has 1 aliphatic carbocycles. The second kappa shape index (κ2) is 4.78. The van der Waals surface area contributed by atoms with Gasteiger partial charge in [0.25, 0.3) is 0 Å². The first-order valence-electron chi connectivity index (χ1n) is 6.80. The summed E-state index contributed by atoms with van der Waals surface area (Å²) in [4.78, 5) is 12.5. The molecule has 0 unspecified atom stereocenters. The van der Waals surface area contributed by atoms with Gasteiger partial charge in [-0.15, -0.1) is 0 Å². The molecule has 2 aromatic carbocycles. The van der Waals surface area contributed by atoms with Crippen LogP contribution >= 0.6 is 0 Å². The number of hydrogen-bond acceptors (Lipinski definition) is 2. The SMILES string of the molecule is COC1(CC(=O)c2cccc3ccccc23)CCC1. The van der Waals surface area contributed by atoms with E-state index in [1.165, 1.54) is 0 Å². The first-order valence-corrected chi connectivity index (χ1v) is 6.80. The Labute approximate surface area is 113 Å². The van der Waals surface area contributed by atoms with E-state index in [-0.39, 0.29) is 11.4 Å². The summed E-state index contributed by atoms with van der Waals surface area (Å²) in [5.41, 5.74) is 0.620. The van der Waals surface area contributed by atoms with Crippen molar-refractivity contribution in [1.82, 2.24) is 0 Å². The molecule has 0 bridgehead atoms. The number of ketones is 1. The van der Waals surface area contributed by atoms with Crippen LogP contribution in [-0.4, -0.2) is 18.5 Å². The lowest BCUT2D eigenvalue weighted by molar-refractivity contribution is -0.0704. The first kappa shape index (κ1) is 12.4. The summed E-state index contributed by atoms with van der Waals surface area (Å²) < 4.78 is 5.56. The van der Waals surface area contributed by atoms with Crippen LogP contribution in [0.15, 0.2) is 42.5 Å². The molecule has 0 aliphatic heterocycles. The van der Waals surface area contributed by atoms with Crippen LogP contribution in [0, 0.1) is 0 Å². The van der Waals surface area contributed by atoms with E-state index in [1.807, 2.05) is 42.5 Å². The monoisotopic (exact) mass is 254 g/mol. The van der Waals surface area contributed by atoms with E-state index in [0.717, 1.165) is 35.6 Å². The highest BCUT2D eigenvalue weighted by Crippen LogP contribution is 2.39. The van der Waals surface area contributed by atoms with E-state index in [1.54, 1.807) is 7.11 Å². The van der Waals surface area contributed by atoms with Crippen LogP contribution in [0.3, 0.4) is 0 Å². The smallest absolute Gasteiger partial charge is 0.166 e. The fourth-order valence-corrected chi connectivity index (χ4v) is 2.88. The van der Waals surface area contributed by atoms with Gasteiger partial charge in [0.05, 0.1) is 5.60 Å². The molecule has 2 aromatic rings. The van der Waals surface area contributed by atoms with Gasteiger partial charge in [-0.1, -0.05) is 42.5 Å². The lowest BCUT2D eigenvalue weighted by atomic mass is 9.75. The largest absolute Gasteiger partial charge is 0.378 e. The standard InChI is InChI=1S/C17H18O2/c1-19-17(10-5-11-17)12-16(18)15-9-4-7-13-6-2-3-8-14(13)15/h2-4,6-9H,5,10-12H2,1H3. The highest BCUT2D eigenvalue weighted by atomic mass is 16.5. The number of hydrogen-bond donors (Lipinski definition) is 0. The van der Waals surface area contributed by atoms with Gasteiger partial charge in [0, 0.05) is 19.1 Å². The van der Waals surface area contributed by atoms with Gasteiger partial charge in [-0.2, -0.15) is 0 Å². The maximum absolute atomic E-state index is 12.5. The minimum atomic E-state index is -0.200.